The summed E-state index contributed by atoms with van der Waals surface area (Å²) in [7, 11) is 0. The Labute approximate surface area is 96.5 Å². The van der Waals surface area contributed by atoms with Gasteiger partial charge in [0.05, 0.1) is 12.1 Å². The molecule has 0 bridgehead atoms. The van der Waals surface area contributed by atoms with E-state index in [1.54, 1.807) is 0 Å². The summed E-state index contributed by atoms with van der Waals surface area (Å²) in [6.07, 6.45) is 2.45. The first kappa shape index (κ1) is 10.7. The number of nitrogens with zero attached hydrogens (tertiary/aromatic N) is 2. The van der Waals surface area contributed by atoms with Crippen molar-refractivity contribution in [2.75, 3.05) is 5.32 Å². The first-order valence-electron chi connectivity index (χ1n) is 4.71. The zero-order valence-corrected chi connectivity index (χ0v) is 9.48. The van der Waals surface area contributed by atoms with Crippen LogP contribution >= 0.6 is 22.9 Å². The summed E-state index contributed by atoms with van der Waals surface area (Å²) in [5.74, 6) is 0. The van der Waals surface area contributed by atoms with Gasteiger partial charge in [0.2, 0.25) is 0 Å². The Balaban J connectivity index is 2.08. The van der Waals surface area contributed by atoms with Crippen molar-refractivity contribution in [2.45, 2.75) is 31.4 Å². The lowest BCUT2D eigenvalue weighted by Crippen LogP contribution is -2.27. The molecule has 2 rings (SSSR count). The summed E-state index contributed by atoms with van der Waals surface area (Å²) in [5, 5.41) is 22.3. The zero-order valence-electron chi connectivity index (χ0n) is 7.90. The van der Waals surface area contributed by atoms with Gasteiger partial charge in [-0.05, 0) is 19.3 Å². The molecule has 80 valence electrons. The van der Waals surface area contributed by atoms with Crippen LogP contribution in [0.15, 0.2) is 0 Å². The van der Waals surface area contributed by atoms with E-state index in [1.807, 2.05) is 6.07 Å². The summed E-state index contributed by atoms with van der Waals surface area (Å²) < 4.78 is 0. The number of aliphatic hydroxyl groups excluding tert-OH is 1. The van der Waals surface area contributed by atoms with Gasteiger partial charge in [0, 0.05) is 0 Å². The third-order valence-electron chi connectivity index (χ3n) is 2.48. The number of aromatic nitrogens is 1. The second kappa shape index (κ2) is 4.35. The number of rotatable bonds is 2. The normalized spacial score (nSPS) is 25.1. The van der Waals surface area contributed by atoms with Crippen LogP contribution < -0.4 is 5.32 Å². The van der Waals surface area contributed by atoms with Crippen molar-refractivity contribution in [3.05, 3.63) is 10.0 Å². The molecule has 0 aromatic carbocycles. The standard InChI is InChI=1S/C9H10ClN3OS/c10-8-7(4-11)15-9(13-8)12-5-2-1-3-6(5)14/h5-6,14H,1-3H2,(H,12,13). The fourth-order valence-electron chi connectivity index (χ4n) is 1.70. The SMILES string of the molecule is N#Cc1sc(NC2CCCC2O)nc1Cl. The Bertz CT molecular complexity index is 401. The lowest BCUT2D eigenvalue weighted by atomic mass is 10.2. The summed E-state index contributed by atoms with van der Waals surface area (Å²) in [6, 6.07) is 2.01. The first-order chi connectivity index (χ1) is 7.20. The molecule has 15 heavy (non-hydrogen) atoms. The third-order valence-corrected chi connectivity index (χ3v) is 3.75. The third kappa shape index (κ3) is 2.23. The quantitative estimate of drug-likeness (QED) is 0.834. The highest BCUT2D eigenvalue weighted by atomic mass is 35.5. The largest absolute Gasteiger partial charge is 0.391 e. The molecule has 1 aliphatic rings. The van der Waals surface area contributed by atoms with E-state index < -0.39 is 0 Å². The van der Waals surface area contributed by atoms with Crippen LogP contribution in [-0.4, -0.2) is 22.2 Å². The predicted molar refractivity (Wildman–Crippen MR) is 59.1 cm³/mol. The van der Waals surface area contributed by atoms with Crippen molar-refractivity contribution in [3.63, 3.8) is 0 Å². The molecule has 6 heteroatoms. The number of halogens is 1. The lowest BCUT2D eigenvalue weighted by molar-refractivity contribution is 0.172. The topological polar surface area (TPSA) is 68.9 Å². The highest BCUT2D eigenvalue weighted by Crippen LogP contribution is 2.29. The summed E-state index contributed by atoms with van der Waals surface area (Å²) in [4.78, 5) is 4.43. The molecule has 1 aromatic heterocycles. The number of aliphatic hydroxyl groups is 1. The van der Waals surface area contributed by atoms with Crippen LogP contribution in [-0.2, 0) is 0 Å². The highest BCUT2D eigenvalue weighted by molar-refractivity contribution is 7.16. The number of anilines is 1. The number of nitriles is 1. The van der Waals surface area contributed by atoms with E-state index >= 15 is 0 Å². The van der Waals surface area contributed by atoms with Crippen molar-refractivity contribution in [2.24, 2.45) is 0 Å². The van der Waals surface area contributed by atoms with Gasteiger partial charge < -0.3 is 10.4 Å². The molecular weight excluding hydrogens is 234 g/mol. The zero-order chi connectivity index (χ0) is 10.8. The summed E-state index contributed by atoms with van der Waals surface area (Å²) >= 11 is 6.96. The average Bonchev–Trinajstić information content (AvgIpc) is 2.75. The van der Waals surface area contributed by atoms with Crippen LogP contribution in [0.5, 0.6) is 0 Å². The van der Waals surface area contributed by atoms with Gasteiger partial charge in [-0.2, -0.15) is 5.26 Å². The van der Waals surface area contributed by atoms with Gasteiger partial charge in [-0.1, -0.05) is 22.9 Å². The number of hydrogen-bond acceptors (Lipinski definition) is 5. The average molecular weight is 244 g/mol. The molecule has 2 atom stereocenters. The minimum absolute atomic E-state index is 0.0405. The van der Waals surface area contributed by atoms with Crippen molar-refractivity contribution in [1.82, 2.24) is 4.98 Å². The van der Waals surface area contributed by atoms with Crippen LogP contribution in [0.3, 0.4) is 0 Å². The van der Waals surface area contributed by atoms with Gasteiger partial charge in [0.25, 0.3) is 0 Å². The molecule has 4 nitrogen and oxygen atoms in total. The van der Waals surface area contributed by atoms with E-state index in [2.05, 4.69) is 10.3 Å². The number of thiazole rings is 1. The summed E-state index contributed by atoms with van der Waals surface area (Å²) in [5.41, 5.74) is 0. The molecule has 0 radical (unpaired) electrons. The smallest absolute Gasteiger partial charge is 0.185 e. The first-order valence-corrected chi connectivity index (χ1v) is 5.91. The maximum Gasteiger partial charge on any atom is 0.185 e. The minimum atomic E-state index is -0.321. The van der Waals surface area contributed by atoms with E-state index in [0.717, 1.165) is 19.3 Å². The van der Waals surface area contributed by atoms with E-state index in [1.165, 1.54) is 11.3 Å². The Morgan fingerprint density at radius 3 is 2.93 bits per heavy atom. The van der Waals surface area contributed by atoms with Gasteiger partial charge in [0.15, 0.2) is 10.3 Å². The fourth-order valence-corrected chi connectivity index (χ4v) is 2.71. The van der Waals surface area contributed by atoms with Gasteiger partial charge in [0.1, 0.15) is 10.9 Å². The minimum Gasteiger partial charge on any atom is -0.391 e. The maximum atomic E-state index is 9.60. The van der Waals surface area contributed by atoms with Crippen LogP contribution in [0.4, 0.5) is 5.13 Å². The highest BCUT2D eigenvalue weighted by Gasteiger charge is 2.26. The molecule has 1 fully saturated rings. The van der Waals surface area contributed by atoms with Gasteiger partial charge in [-0.15, -0.1) is 0 Å². The lowest BCUT2D eigenvalue weighted by Gasteiger charge is -2.14. The maximum absolute atomic E-state index is 9.60. The molecule has 0 saturated heterocycles. The van der Waals surface area contributed by atoms with Crippen molar-refractivity contribution < 1.29 is 5.11 Å². The second-order valence-electron chi connectivity index (χ2n) is 3.50. The molecule has 1 saturated carbocycles. The van der Waals surface area contributed by atoms with Gasteiger partial charge in [-0.25, -0.2) is 4.98 Å². The number of hydrogen-bond donors (Lipinski definition) is 2. The Kier molecular flexibility index (Phi) is 3.10. The molecule has 2 unspecified atom stereocenters. The van der Waals surface area contributed by atoms with Crippen LogP contribution in [0.2, 0.25) is 5.15 Å². The Morgan fingerprint density at radius 2 is 2.40 bits per heavy atom. The predicted octanol–water partition coefficient (Wildman–Crippen LogP) is 1.99. The van der Waals surface area contributed by atoms with E-state index in [4.69, 9.17) is 16.9 Å². The van der Waals surface area contributed by atoms with Crippen LogP contribution in [0.1, 0.15) is 24.1 Å². The molecule has 0 spiro atoms. The second-order valence-corrected chi connectivity index (χ2v) is 4.86. The molecular formula is C9H10ClN3OS. The molecule has 0 amide bonds. The molecule has 1 heterocycles. The number of nitrogens with one attached hydrogen (secondary N) is 1. The van der Waals surface area contributed by atoms with E-state index in [-0.39, 0.29) is 17.3 Å². The fraction of sp³-hybridized carbons (Fsp3) is 0.556. The molecule has 0 aliphatic heterocycles. The van der Waals surface area contributed by atoms with Crippen LogP contribution in [0, 0.1) is 11.3 Å². The van der Waals surface area contributed by atoms with Gasteiger partial charge >= 0.3 is 0 Å². The monoisotopic (exact) mass is 243 g/mol. The summed E-state index contributed by atoms with van der Waals surface area (Å²) in [6.45, 7) is 0. The molecule has 1 aromatic rings. The van der Waals surface area contributed by atoms with E-state index in [0.29, 0.717) is 10.0 Å². The van der Waals surface area contributed by atoms with E-state index in [9.17, 15) is 5.11 Å². The molecule has 2 N–H and O–H groups in total. The Morgan fingerprint density at radius 1 is 1.60 bits per heavy atom. The van der Waals surface area contributed by atoms with Crippen LogP contribution in [0.25, 0.3) is 0 Å². The van der Waals surface area contributed by atoms with Crippen molar-refractivity contribution in [1.29, 1.82) is 5.26 Å². The van der Waals surface area contributed by atoms with Gasteiger partial charge in [-0.3, -0.25) is 0 Å². The molecule has 1 aliphatic carbocycles. The Hall–Kier alpha value is -0.830. The van der Waals surface area contributed by atoms with Crippen molar-refractivity contribution in [3.8, 4) is 6.07 Å². The van der Waals surface area contributed by atoms with Crippen molar-refractivity contribution >= 4 is 28.1 Å².